The molecule has 6 heteroatoms. The van der Waals surface area contributed by atoms with E-state index in [1.807, 2.05) is 0 Å². The van der Waals surface area contributed by atoms with Crippen LogP contribution in [0, 0.1) is 19.7 Å². The number of hydrogen-bond acceptors (Lipinski definition) is 2. The molecular formula is C12H11ClFN3S. The lowest BCUT2D eigenvalue weighted by Crippen LogP contribution is -2.16. The van der Waals surface area contributed by atoms with Gasteiger partial charge in [0.05, 0.1) is 27.7 Å². The average molecular weight is 284 g/mol. The van der Waals surface area contributed by atoms with E-state index in [1.54, 1.807) is 30.7 Å². The molecule has 0 radical (unpaired) electrons. The molecule has 3 nitrogen and oxygen atoms in total. The largest absolute Gasteiger partial charge is 0.389 e. The van der Waals surface area contributed by atoms with Gasteiger partial charge in [-0.3, -0.25) is 0 Å². The van der Waals surface area contributed by atoms with Crippen LogP contribution < -0.4 is 5.73 Å². The van der Waals surface area contributed by atoms with E-state index in [2.05, 4.69) is 5.10 Å². The molecule has 94 valence electrons. The van der Waals surface area contributed by atoms with Gasteiger partial charge in [0.25, 0.3) is 0 Å². The first kappa shape index (κ1) is 13.0. The van der Waals surface area contributed by atoms with Crippen LogP contribution in [0.1, 0.15) is 17.0 Å². The molecule has 1 aromatic heterocycles. The van der Waals surface area contributed by atoms with Crippen molar-refractivity contribution in [2.45, 2.75) is 13.8 Å². The third kappa shape index (κ3) is 2.00. The van der Waals surface area contributed by atoms with Crippen molar-refractivity contribution < 1.29 is 4.39 Å². The fourth-order valence-electron chi connectivity index (χ4n) is 1.79. The Morgan fingerprint density at radius 1 is 1.44 bits per heavy atom. The first-order valence-corrected chi connectivity index (χ1v) is 6.02. The summed E-state index contributed by atoms with van der Waals surface area (Å²) in [6, 6.07) is 4.59. The van der Waals surface area contributed by atoms with E-state index in [-0.39, 0.29) is 10.6 Å². The molecule has 0 aliphatic heterocycles. The molecule has 0 atom stereocenters. The highest BCUT2D eigenvalue weighted by molar-refractivity contribution is 7.80. The van der Waals surface area contributed by atoms with Gasteiger partial charge in [-0.25, -0.2) is 9.07 Å². The number of thiocarbonyl (C=S) groups is 1. The van der Waals surface area contributed by atoms with Gasteiger partial charge in [-0.05, 0) is 26.0 Å². The summed E-state index contributed by atoms with van der Waals surface area (Å²) in [5.74, 6) is -0.469. The number of hydrogen-bond donors (Lipinski definition) is 1. The molecule has 0 saturated carbocycles. The van der Waals surface area contributed by atoms with E-state index in [4.69, 9.17) is 29.6 Å². The maximum atomic E-state index is 13.8. The molecule has 0 saturated heterocycles. The van der Waals surface area contributed by atoms with Gasteiger partial charge in [-0.1, -0.05) is 29.9 Å². The molecule has 0 spiro atoms. The molecule has 0 unspecified atom stereocenters. The summed E-state index contributed by atoms with van der Waals surface area (Å²) in [7, 11) is 0. The van der Waals surface area contributed by atoms with Gasteiger partial charge in [-0.15, -0.1) is 0 Å². The number of aromatic nitrogens is 2. The van der Waals surface area contributed by atoms with Gasteiger partial charge < -0.3 is 5.73 Å². The van der Waals surface area contributed by atoms with Gasteiger partial charge in [0.1, 0.15) is 10.8 Å². The quantitative estimate of drug-likeness (QED) is 0.862. The fraction of sp³-hybridized carbons (Fsp3) is 0.167. The van der Waals surface area contributed by atoms with E-state index >= 15 is 0 Å². The molecule has 0 fully saturated rings. The SMILES string of the molecule is Cc1nn(-c2cccc(F)c2C(N)=S)c(C)c1Cl. The topological polar surface area (TPSA) is 43.8 Å². The van der Waals surface area contributed by atoms with E-state index in [0.717, 1.165) is 5.69 Å². The molecule has 0 aliphatic rings. The van der Waals surface area contributed by atoms with E-state index in [9.17, 15) is 4.39 Å². The van der Waals surface area contributed by atoms with Crippen LogP contribution in [0.25, 0.3) is 5.69 Å². The first-order chi connectivity index (χ1) is 8.43. The second-order valence-corrected chi connectivity index (χ2v) is 4.71. The molecule has 0 amide bonds. The summed E-state index contributed by atoms with van der Waals surface area (Å²) in [5, 5.41) is 4.82. The lowest BCUT2D eigenvalue weighted by Gasteiger charge is -2.10. The third-order valence-corrected chi connectivity index (χ3v) is 3.42. The summed E-state index contributed by atoms with van der Waals surface area (Å²) in [4.78, 5) is -0.00762. The molecule has 2 aromatic rings. The Balaban J connectivity index is 2.75. The van der Waals surface area contributed by atoms with Crippen LogP contribution in [0.5, 0.6) is 0 Å². The van der Waals surface area contributed by atoms with E-state index in [1.165, 1.54) is 6.07 Å². The van der Waals surface area contributed by atoms with Crippen molar-refractivity contribution in [1.29, 1.82) is 0 Å². The number of aryl methyl sites for hydroxylation is 1. The predicted molar refractivity (Wildman–Crippen MR) is 73.9 cm³/mol. The lowest BCUT2D eigenvalue weighted by atomic mass is 10.1. The molecule has 0 bridgehead atoms. The summed E-state index contributed by atoms with van der Waals surface area (Å²) < 4.78 is 15.3. The second-order valence-electron chi connectivity index (χ2n) is 3.89. The molecular weight excluding hydrogens is 273 g/mol. The highest BCUT2D eigenvalue weighted by Crippen LogP contribution is 2.25. The molecule has 2 rings (SSSR count). The summed E-state index contributed by atoms with van der Waals surface area (Å²) in [6.07, 6.45) is 0. The van der Waals surface area contributed by atoms with Gasteiger partial charge in [0, 0.05) is 0 Å². The molecule has 0 aliphatic carbocycles. The van der Waals surface area contributed by atoms with Crippen molar-refractivity contribution in [3.63, 3.8) is 0 Å². The Bertz CT molecular complexity index is 636. The van der Waals surface area contributed by atoms with Crippen molar-refractivity contribution in [2.24, 2.45) is 5.73 Å². The Hall–Kier alpha value is -1.46. The van der Waals surface area contributed by atoms with Crippen LogP contribution in [0.2, 0.25) is 5.02 Å². The van der Waals surface area contributed by atoms with Crippen molar-refractivity contribution in [3.05, 3.63) is 46.0 Å². The number of rotatable bonds is 2. The van der Waals surface area contributed by atoms with Gasteiger partial charge in [0.15, 0.2) is 0 Å². The highest BCUT2D eigenvalue weighted by Gasteiger charge is 2.17. The Morgan fingerprint density at radius 3 is 2.61 bits per heavy atom. The zero-order valence-electron chi connectivity index (χ0n) is 9.87. The van der Waals surface area contributed by atoms with Gasteiger partial charge in [0.2, 0.25) is 0 Å². The van der Waals surface area contributed by atoms with Crippen LogP contribution in [0.15, 0.2) is 18.2 Å². The van der Waals surface area contributed by atoms with E-state index < -0.39 is 5.82 Å². The predicted octanol–water partition coefficient (Wildman–Crippen LogP) is 2.92. The lowest BCUT2D eigenvalue weighted by molar-refractivity contribution is 0.622. The van der Waals surface area contributed by atoms with Crippen LogP contribution in [0.4, 0.5) is 4.39 Å². The normalized spacial score (nSPS) is 10.7. The zero-order valence-corrected chi connectivity index (χ0v) is 11.4. The summed E-state index contributed by atoms with van der Waals surface area (Å²) in [5.41, 5.74) is 7.63. The smallest absolute Gasteiger partial charge is 0.135 e. The van der Waals surface area contributed by atoms with E-state index in [0.29, 0.717) is 16.4 Å². The number of nitrogens with zero attached hydrogens (tertiary/aromatic N) is 2. The van der Waals surface area contributed by atoms with Crippen LogP contribution in [-0.2, 0) is 0 Å². The molecule has 1 heterocycles. The van der Waals surface area contributed by atoms with Crippen molar-refractivity contribution >= 4 is 28.8 Å². The standard InChI is InChI=1S/C12H11ClFN3S/c1-6-11(13)7(2)17(16-6)9-5-3-4-8(14)10(9)12(15)18/h3-5H,1-2H3,(H2,15,18). The minimum atomic E-state index is -0.469. The van der Waals surface area contributed by atoms with Gasteiger partial charge >= 0.3 is 0 Å². The summed E-state index contributed by atoms with van der Waals surface area (Å²) >= 11 is 11.0. The molecule has 2 N–H and O–H groups in total. The van der Waals surface area contributed by atoms with Gasteiger partial charge in [-0.2, -0.15) is 5.10 Å². The van der Waals surface area contributed by atoms with Crippen molar-refractivity contribution in [1.82, 2.24) is 9.78 Å². The van der Waals surface area contributed by atoms with Crippen LogP contribution in [0.3, 0.4) is 0 Å². The minimum Gasteiger partial charge on any atom is -0.389 e. The second kappa shape index (κ2) is 4.66. The third-order valence-electron chi connectivity index (χ3n) is 2.67. The van der Waals surface area contributed by atoms with Crippen molar-refractivity contribution in [3.8, 4) is 5.69 Å². The Morgan fingerprint density at radius 2 is 2.11 bits per heavy atom. The van der Waals surface area contributed by atoms with Crippen LogP contribution in [-0.4, -0.2) is 14.8 Å². The average Bonchev–Trinajstić information content (AvgIpc) is 2.56. The fourth-order valence-corrected chi connectivity index (χ4v) is 2.11. The number of benzene rings is 1. The Kier molecular flexibility index (Phi) is 3.36. The number of halogens is 2. The van der Waals surface area contributed by atoms with Crippen molar-refractivity contribution in [2.75, 3.05) is 0 Å². The minimum absolute atomic E-state index is 0.00762. The number of nitrogens with two attached hydrogens (primary N) is 1. The highest BCUT2D eigenvalue weighted by atomic mass is 35.5. The Labute approximate surface area is 114 Å². The van der Waals surface area contributed by atoms with Crippen LogP contribution >= 0.6 is 23.8 Å². The molecule has 18 heavy (non-hydrogen) atoms. The monoisotopic (exact) mass is 283 g/mol. The maximum Gasteiger partial charge on any atom is 0.135 e. The molecule has 1 aromatic carbocycles. The maximum absolute atomic E-state index is 13.8. The first-order valence-electron chi connectivity index (χ1n) is 5.24. The zero-order chi connectivity index (χ0) is 13.4. The summed E-state index contributed by atoms with van der Waals surface area (Å²) in [6.45, 7) is 3.59.